The number of fused-ring (bicyclic) bond motifs is 1. The lowest BCUT2D eigenvalue weighted by atomic mass is 10.1. The third-order valence-electron chi connectivity index (χ3n) is 4.04. The summed E-state index contributed by atoms with van der Waals surface area (Å²) >= 11 is 0. The summed E-state index contributed by atoms with van der Waals surface area (Å²) in [6.45, 7) is 7.62. The van der Waals surface area contributed by atoms with Crippen LogP contribution in [0.25, 0.3) is 10.8 Å². The standard InChI is InChI=1S/C17H23N3/c1-14-3-4-16-12-17(6-5-15(16)11-14)19(2)13-20-9-7-18-8-10-20/h3-6,11-12,18H,7-10,13H2,1-2H3. The van der Waals surface area contributed by atoms with Crippen molar-refractivity contribution < 1.29 is 0 Å². The Balaban J connectivity index is 1.76. The van der Waals surface area contributed by atoms with E-state index in [9.17, 15) is 0 Å². The minimum atomic E-state index is 0.999. The van der Waals surface area contributed by atoms with Crippen molar-refractivity contribution in [3.8, 4) is 0 Å². The minimum absolute atomic E-state index is 0.999. The first-order valence-corrected chi connectivity index (χ1v) is 7.37. The Labute approximate surface area is 121 Å². The Morgan fingerprint density at radius 3 is 2.55 bits per heavy atom. The van der Waals surface area contributed by atoms with Gasteiger partial charge in [0.05, 0.1) is 6.67 Å². The molecule has 106 valence electrons. The SMILES string of the molecule is Cc1ccc2cc(N(C)CN3CCNCC3)ccc2c1. The number of rotatable bonds is 3. The van der Waals surface area contributed by atoms with Crippen molar-refractivity contribution in [3.05, 3.63) is 42.0 Å². The Morgan fingerprint density at radius 2 is 1.75 bits per heavy atom. The van der Waals surface area contributed by atoms with Crippen molar-refractivity contribution in [1.29, 1.82) is 0 Å². The van der Waals surface area contributed by atoms with Crippen molar-refractivity contribution in [2.75, 3.05) is 44.8 Å². The van der Waals surface area contributed by atoms with E-state index in [0.29, 0.717) is 0 Å². The first-order valence-electron chi connectivity index (χ1n) is 7.37. The summed E-state index contributed by atoms with van der Waals surface area (Å²) in [4.78, 5) is 4.83. The monoisotopic (exact) mass is 269 g/mol. The van der Waals surface area contributed by atoms with Crippen LogP contribution in [0.15, 0.2) is 36.4 Å². The van der Waals surface area contributed by atoms with Gasteiger partial charge in [0.15, 0.2) is 0 Å². The van der Waals surface area contributed by atoms with Gasteiger partial charge in [-0.05, 0) is 29.8 Å². The minimum Gasteiger partial charge on any atom is -0.362 e. The molecule has 2 aromatic rings. The molecule has 3 heteroatoms. The molecule has 20 heavy (non-hydrogen) atoms. The van der Waals surface area contributed by atoms with E-state index in [1.54, 1.807) is 0 Å². The molecule has 1 saturated heterocycles. The second kappa shape index (κ2) is 5.81. The maximum Gasteiger partial charge on any atom is 0.0704 e. The van der Waals surface area contributed by atoms with E-state index in [0.717, 1.165) is 32.8 Å². The predicted octanol–water partition coefficient (Wildman–Crippen LogP) is 2.45. The van der Waals surface area contributed by atoms with Gasteiger partial charge in [-0.15, -0.1) is 0 Å². The van der Waals surface area contributed by atoms with Crippen LogP contribution in [0.3, 0.4) is 0 Å². The van der Waals surface area contributed by atoms with Gasteiger partial charge < -0.3 is 10.2 Å². The summed E-state index contributed by atoms with van der Waals surface area (Å²) in [5, 5.41) is 6.04. The van der Waals surface area contributed by atoms with Gasteiger partial charge in [-0.1, -0.05) is 29.8 Å². The van der Waals surface area contributed by atoms with Crippen LogP contribution in [0.2, 0.25) is 0 Å². The maximum absolute atomic E-state index is 3.40. The number of nitrogens with one attached hydrogen (secondary N) is 1. The molecule has 1 aliphatic rings. The first-order chi connectivity index (χ1) is 9.72. The van der Waals surface area contributed by atoms with Gasteiger partial charge in [0.25, 0.3) is 0 Å². The topological polar surface area (TPSA) is 18.5 Å². The van der Waals surface area contributed by atoms with E-state index < -0.39 is 0 Å². The highest BCUT2D eigenvalue weighted by atomic mass is 15.3. The fraction of sp³-hybridized carbons (Fsp3) is 0.412. The van der Waals surface area contributed by atoms with Gasteiger partial charge in [0.1, 0.15) is 0 Å². The molecule has 1 heterocycles. The predicted molar refractivity (Wildman–Crippen MR) is 86.4 cm³/mol. The summed E-state index contributed by atoms with van der Waals surface area (Å²) in [6, 6.07) is 13.4. The molecule has 0 aromatic heterocycles. The van der Waals surface area contributed by atoms with Crippen LogP contribution in [0, 0.1) is 6.92 Å². The van der Waals surface area contributed by atoms with Crippen LogP contribution in [-0.4, -0.2) is 44.8 Å². The van der Waals surface area contributed by atoms with Crippen LogP contribution >= 0.6 is 0 Å². The summed E-state index contributed by atoms with van der Waals surface area (Å²) in [7, 11) is 2.18. The number of benzene rings is 2. The molecule has 0 saturated carbocycles. The number of hydrogen-bond donors (Lipinski definition) is 1. The third-order valence-corrected chi connectivity index (χ3v) is 4.04. The van der Waals surface area contributed by atoms with Crippen LogP contribution in [0.4, 0.5) is 5.69 Å². The number of aryl methyl sites for hydroxylation is 1. The molecular formula is C17H23N3. The fourth-order valence-corrected chi connectivity index (χ4v) is 2.82. The lowest BCUT2D eigenvalue weighted by molar-refractivity contribution is 0.243. The summed E-state index contributed by atoms with van der Waals surface area (Å²) in [5.74, 6) is 0. The normalized spacial score (nSPS) is 16.5. The molecule has 0 unspecified atom stereocenters. The quantitative estimate of drug-likeness (QED) is 0.923. The average Bonchev–Trinajstić information content (AvgIpc) is 2.47. The van der Waals surface area contributed by atoms with Gasteiger partial charge in [-0.2, -0.15) is 0 Å². The highest BCUT2D eigenvalue weighted by Crippen LogP contribution is 2.22. The summed E-state index contributed by atoms with van der Waals surface area (Å²) < 4.78 is 0. The van der Waals surface area contributed by atoms with Gasteiger partial charge in [0, 0.05) is 38.9 Å². The van der Waals surface area contributed by atoms with Crippen molar-refractivity contribution in [2.24, 2.45) is 0 Å². The average molecular weight is 269 g/mol. The van der Waals surface area contributed by atoms with E-state index in [2.05, 4.69) is 65.5 Å². The number of hydrogen-bond acceptors (Lipinski definition) is 3. The molecule has 3 nitrogen and oxygen atoms in total. The molecule has 0 aliphatic carbocycles. The Morgan fingerprint density at radius 1 is 1.05 bits per heavy atom. The lowest BCUT2D eigenvalue weighted by Crippen LogP contribution is -2.47. The number of anilines is 1. The molecule has 0 amide bonds. The zero-order chi connectivity index (χ0) is 13.9. The van der Waals surface area contributed by atoms with Crippen molar-refractivity contribution in [2.45, 2.75) is 6.92 Å². The van der Waals surface area contributed by atoms with Crippen molar-refractivity contribution in [3.63, 3.8) is 0 Å². The highest BCUT2D eigenvalue weighted by Gasteiger charge is 2.12. The van der Waals surface area contributed by atoms with Crippen LogP contribution < -0.4 is 10.2 Å². The smallest absolute Gasteiger partial charge is 0.0704 e. The van der Waals surface area contributed by atoms with Gasteiger partial charge in [0.2, 0.25) is 0 Å². The third kappa shape index (κ3) is 2.94. The Hall–Kier alpha value is -1.58. The van der Waals surface area contributed by atoms with E-state index in [-0.39, 0.29) is 0 Å². The molecule has 1 aliphatic heterocycles. The molecular weight excluding hydrogens is 246 g/mol. The largest absolute Gasteiger partial charge is 0.362 e. The second-order valence-corrected chi connectivity index (χ2v) is 5.74. The Kier molecular flexibility index (Phi) is 3.90. The molecule has 1 fully saturated rings. The molecule has 0 atom stereocenters. The lowest BCUT2D eigenvalue weighted by Gasteiger charge is -2.32. The van der Waals surface area contributed by atoms with E-state index in [1.807, 2.05) is 0 Å². The van der Waals surface area contributed by atoms with Crippen LogP contribution in [-0.2, 0) is 0 Å². The van der Waals surface area contributed by atoms with Crippen molar-refractivity contribution >= 4 is 16.5 Å². The Bertz CT molecular complexity index is 588. The number of nitrogens with zero attached hydrogens (tertiary/aromatic N) is 2. The molecule has 0 radical (unpaired) electrons. The van der Waals surface area contributed by atoms with Gasteiger partial charge in [-0.25, -0.2) is 0 Å². The van der Waals surface area contributed by atoms with E-state index >= 15 is 0 Å². The van der Waals surface area contributed by atoms with Crippen LogP contribution in [0.5, 0.6) is 0 Å². The zero-order valence-electron chi connectivity index (χ0n) is 12.4. The second-order valence-electron chi connectivity index (χ2n) is 5.74. The molecule has 3 rings (SSSR count). The summed E-state index contributed by atoms with van der Waals surface area (Å²) in [6.07, 6.45) is 0. The van der Waals surface area contributed by atoms with Gasteiger partial charge >= 0.3 is 0 Å². The summed E-state index contributed by atoms with van der Waals surface area (Å²) in [5.41, 5.74) is 2.61. The zero-order valence-corrected chi connectivity index (χ0v) is 12.4. The molecule has 1 N–H and O–H groups in total. The molecule has 0 spiro atoms. The molecule has 2 aromatic carbocycles. The van der Waals surface area contributed by atoms with Crippen LogP contribution in [0.1, 0.15) is 5.56 Å². The highest BCUT2D eigenvalue weighted by molar-refractivity contribution is 5.86. The molecule has 0 bridgehead atoms. The number of piperazine rings is 1. The van der Waals surface area contributed by atoms with E-state index in [1.165, 1.54) is 22.0 Å². The fourth-order valence-electron chi connectivity index (χ4n) is 2.82. The van der Waals surface area contributed by atoms with E-state index in [4.69, 9.17) is 0 Å². The van der Waals surface area contributed by atoms with Crippen molar-refractivity contribution in [1.82, 2.24) is 10.2 Å². The first kappa shape index (κ1) is 13.4. The maximum atomic E-state index is 3.40. The van der Waals surface area contributed by atoms with Gasteiger partial charge in [-0.3, -0.25) is 4.90 Å².